The van der Waals surface area contributed by atoms with Gasteiger partial charge in [0.2, 0.25) is 0 Å². The van der Waals surface area contributed by atoms with Crippen molar-refractivity contribution in [3.8, 4) is 5.75 Å². The first-order chi connectivity index (χ1) is 13.1. The number of thiophene rings is 1. The molecule has 0 bridgehead atoms. The van der Waals surface area contributed by atoms with Crippen molar-refractivity contribution in [2.75, 3.05) is 19.0 Å². The van der Waals surface area contributed by atoms with Crippen molar-refractivity contribution in [1.82, 2.24) is 0 Å². The Labute approximate surface area is 163 Å². The number of ether oxygens (including phenoxy) is 2. The number of hydrogen-bond acceptors (Lipinski definition) is 5. The SMILES string of the molecule is CCCc1ccc(OCC(=O)Nc2sc3c(c2C(=O)OC)CCCC3)cc1. The van der Waals surface area contributed by atoms with Crippen LogP contribution in [-0.4, -0.2) is 25.6 Å². The first-order valence-corrected chi connectivity index (χ1v) is 10.2. The molecular weight excluding hydrogens is 362 g/mol. The van der Waals surface area contributed by atoms with E-state index in [1.807, 2.05) is 24.3 Å². The van der Waals surface area contributed by atoms with Gasteiger partial charge in [-0.15, -0.1) is 11.3 Å². The molecule has 1 aromatic carbocycles. The van der Waals surface area contributed by atoms with E-state index >= 15 is 0 Å². The lowest BCUT2D eigenvalue weighted by atomic mass is 9.95. The molecule has 0 fully saturated rings. The van der Waals surface area contributed by atoms with Crippen LogP contribution in [-0.2, 0) is 28.8 Å². The Balaban J connectivity index is 1.65. The van der Waals surface area contributed by atoms with Gasteiger partial charge >= 0.3 is 5.97 Å². The second kappa shape index (κ2) is 9.04. The first-order valence-electron chi connectivity index (χ1n) is 9.36. The molecule has 1 aliphatic rings. The highest BCUT2D eigenvalue weighted by Crippen LogP contribution is 2.38. The Morgan fingerprint density at radius 2 is 1.89 bits per heavy atom. The molecular formula is C21H25NO4S. The zero-order valence-electron chi connectivity index (χ0n) is 15.8. The molecule has 0 saturated carbocycles. The second-order valence-electron chi connectivity index (χ2n) is 6.64. The summed E-state index contributed by atoms with van der Waals surface area (Å²) < 4.78 is 10.5. The van der Waals surface area contributed by atoms with E-state index in [4.69, 9.17) is 9.47 Å². The van der Waals surface area contributed by atoms with E-state index in [9.17, 15) is 9.59 Å². The van der Waals surface area contributed by atoms with E-state index in [0.717, 1.165) is 44.1 Å². The van der Waals surface area contributed by atoms with Gasteiger partial charge in [-0.3, -0.25) is 4.79 Å². The van der Waals surface area contributed by atoms with E-state index in [1.54, 1.807) is 0 Å². The van der Waals surface area contributed by atoms with Crippen LogP contribution in [0.4, 0.5) is 5.00 Å². The monoisotopic (exact) mass is 387 g/mol. The predicted octanol–water partition coefficient (Wildman–Crippen LogP) is 4.38. The molecule has 0 aliphatic heterocycles. The minimum atomic E-state index is -0.392. The van der Waals surface area contributed by atoms with Crippen LogP contribution in [0, 0.1) is 0 Å². The minimum absolute atomic E-state index is 0.101. The maximum absolute atomic E-state index is 12.3. The number of amides is 1. The molecule has 2 aromatic rings. The number of rotatable bonds is 7. The molecule has 0 saturated heterocycles. The number of carbonyl (C=O) groups is 2. The number of benzene rings is 1. The molecule has 1 amide bonds. The van der Waals surface area contributed by atoms with Gasteiger partial charge in [-0.25, -0.2) is 4.79 Å². The summed E-state index contributed by atoms with van der Waals surface area (Å²) >= 11 is 1.47. The number of nitrogens with one attached hydrogen (secondary N) is 1. The van der Waals surface area contributed by atoms with E-state index < -0.39 is 5.97 Å². The first kappa shape index (κ1) is 19.4. The van der Waals surface area contributed by atoms with Crippen molar-refractivity contribution in [2.24, 2.45) is 0 Å². The van der Waals surface area contributed by atoms with Gasteiger partial charge in [0.25, 0.3) is 5.91 Å². The lowest BCUT2D eigenvalue weighted by Crippen LogP contribution is -2.21. The molecule has 1 heterocycles. The van der Waals surface area contributed by atoms with Crippen molar-refractivity contribution < 1.29 is 19.1 Å². The number of methoxy groups -OCH3 is 1. The van der Waals surface area contributed by atoms with Crippen LogP contribution in [0.3, 0.4) is 0 Å². The van der Waals surface area contributed by atoms with Crippen molar-refractivity contribution >= 4 is 28.2 Å². The van der Waals surface area contributed by atoms with Crippen molar-refractivity contribution in [1.29, 1.82) is 0 Å². The molecule has 1 aliphatic carbocycles. The summed E-state index contributed by atoms with van der Waals surface area (Å²) in [6.07, 6.45) is 6.08. The Morgan fingerprint density at radius 1 is 1.15 bits per heavy atom. The molecule has 1 aromatic heterocycles. The molecule has 0 spiro atoms. The number of carbonyl (C=O) groups excluding carboxylic acids is 2. The fourth-order valence-corrected chi connectivity index (χ4v) is 4.62. The molecule has 27 heavy (non-hydrogen) atoms. The van der Waals surface area contributed by atoms with Crippen LogP contribution >= 0.6 is 11.3 Å². The van der Waals surface area contributed by atoms with E-state index in [2.05, 4.69) is 12.2 Å². The normalized spacial score (nSPS) is 13.0. The van der Waals surface area contributed by atoms with Crippen molar-refractivity contribution in [2.45, 2.75) is 45.4 Å². The van der Waals surface area contributed by atoms with Crippen LogP contribution in [0.2, 0.25) is 0 Å². The smallest absolute Gasteiger partial charge is 0.341 e. The molecule has 3 rings (SSSR count). The van der Waals surface area contributed by atoms with Gasteiger partial charge in [-0.05, 0) is 55.4 Å². The third-order valence-corrected chi connectivity index (χ3v) is 5.85. The maximum Gasteiger partial charge on any atom is 0.341 e. The van der Waals surface area contributed by atoms with Crippen LogP contribution < -0.4 is 10.1 Å². The van der Waals surface area contributed by atoms with E-state index in [0.29, 0.717) is 16.3 Å². The Kier molecular flexibility index (Phi) is 6.50. The summed E-state index contributed by atoms with van der Waals surface area (Å²) in [6.45, 7) is 2.04. The van der Waals surface area contributed by atoms with Gasteiger partial charge in [0, 0.05) is 4.88 Å². The molecule has 1 N–H and O–H groups in total. The highest BCUT2D eigenvalue weighted by atomic mass is 32.1. The number of aryl methyl sites for hydroxylation is 2. The van der Waals surface area contributed by atoms with Gasteiger partial charge in [0.1, 0.15) is 10.8 Å². The number of fused-ring (bicyclic) bond motifs is 1. The molecule has 5 nitrogen and oxygen atoms in total. The molecule has 6 heteroatoms. The number of anilines is 1. The summed E-state index contributed by atoms with van der Waals surface area (Å²) in [4.78, 5) is 25.7. The van der Waals surface area contributed by atoms with Gasteiger partial charge in [-0.1, -0.05) is 25.5 Å². The summed E-state index contributed by atoms with van der Waals surface area (Å²) in [5.41, 5.74) is 2.79. The van der Waals surface area contributed by atoms with E-state index in [-0.39, 0.29) is 12.5 Å². The standard InChI is InChI=1S/C21H25NO4S/c1-3-6-14-9-11-15(12-10-14)26-13-18(23)22-20-19(21(24)25-2)16-7-4-5-8-17(16)27-20/h9-12H,3-8,13H2,1-2H3,(H,22,23). The largest absolute Gasteiger partial charge is 0.484 e. The lowest BCUT2D eigenvalue weighted by Gasteiger charge is -2.12. The highest BCUT2D eigenvalue weighted by molar-refractivity contribution is 7.17. The van der Waals surface area contributed by atoms with Gasteiger partial charge < -0.3 is 14.8 Å². The highest BCUT2D eigenvalue weighted by Gasteiger charge is 2.26. The zero-order chi connectivity index (χ0) is 19.2. The van der Waals surface area contributed by atoms with Crippen molar-refractivity contribution in [3.63, 3.8) is 0 Å². The van der Waals surface area contributed by atoms with Crippen LogP contribution in [0.15, 0.2) is 24.3 Å². The van der Waals surface area contributed by atoms with Gasteiger partial charge in [0.05, 0.1) is 12.7 Å². The predicted molar refractivity (Wildman–Crippen MR) is 107 cm³/mol. The minimum Gasteiger partial charge on any atom is -0.484 e. The van der Waals surface area contributed by atoms with Gasteiger partial charge in [0.15, 0.2) is 6.61 Å². The Hall–Kier alpha value is -2.34. The van der Waals surface area contributed by atoms with Crippen molar-refractivity contribution in [3.05, 3.63) is 45.8 Å². The average molecular weight is 388 g/mol. The number of hydrogen-bond donors (Lipinski definition) is 1. The van der Waals surface area contributed by atoms with Crippen LogP contribution in [0.1, 0.15) is 52.5 Å². The van der Waals surface area contributed by atoms with Gasteiger partial charge in [-0.2, -0.15) is 0 Å². The summed E-state index contributed by atoms with van der Waals surface area (Å²) in [6, 6.07) is 7.78. The van der Waals surface area contributed by atoms with Crippen LogP contribution in [0.25, 0.3) is 0 Å². The average Bonchev–Trinajstić information content (AvgIpc) is 3.05. The molecule has 0 radical (unpaired) electrons. The second-order valence-corrected chi connectivity index (χ2v) is 7.74. The number of esters is 1. The summed E-state index contributed by atoms with van der Waals surface area (Å²) in [7, 11) is 1.37. The topological polar surface area (TPSA) is 64.6 Å². The fraction of sp³-hybridized carbons (Fsp3) is 0.429. The Morgan fingerprint density at radius 3 is 2.59 bits per heavy atom. The third kappa shape index (κ3) is 4.69. The summed E-state index contributed by atoms with van der Waals surface area (Å²) in [5, 5.41) is 3.41. The summed E-state index contributed by atoms with van der Waals surface area (Å²) in [5.74, 6) is -0.0165. The fourth-order valence-electron chi connectivity index (χ4n) is 3.32. The molecule has 144 valence electrons. The quantitative estimate of drug-likeness (QED) is 0.716. The lowest BCUT2D eigenvalue weighted by molar-refractivity contribution is -0.118. The Bertz CT molecular complexity index is 810. The molecule has 0 unspecified atom stereocenters. The maximum atomic E-state index is 12.3. The van der Waals surface area contributed by atoms with E-state index in [1.165, 1.54) is 28.9 Å². The molecule has 0 atom stereocenters. The third-order valence-electron chi connectivity index (χ3n) is 4.65. The zero-order valence-corrected chi connectivity index (χ0v) is 16.6. The van der Waals surface area contributed by atoms with Crippen LogP contribution in [0.5, 0.6) is 5.75 Å².